The normalized spacial score (nSPS) is 11.5. The van der Waals surface area contributed by atoms with E-state index in [1.54, 1.807) is 42.0 Å². The summed E-state index contributed by atoms with van der Waals surface area (Å²) in [5.41, 5.74) is 2.84. The maximum Gasteiger partial charge on any atom is 0.355 e. The molecule has 0 aliphatic carbocycles. The molecule has 0 unspecified atom stereocenters. The molecule has 39 heavy (non-hydrogen) atoms. The Morgan fingerprint density at radius 2 is 2.05 bits per heavy atom. The zero-order chi connectivity index (χ0) is 27.3. The molecule has 0 spiro atoms. The molecule has 0 saturated heterocycles. The first-order valence-electron chi connectivity index (χ1n) is 12.1. The summed E-state index contributed by atoms with van der Waals surface area (Å²) in [6.45, 7) is 1.89. The van der Waals surface area contributed by atoms with Gasteiger partial charge in [0.1, 0.15) is 28.0 Å². The molecule has 0 saturated carbocycles. The van der Waals surface area contributed by atoms with Crippen molar-refractivity contribution in [2.75, 3.05) is 13.7 Å². The molecule has 6 rings (SSSR count). The number of phenolic OH excluding ortho intramolecular Hbond substituents is 1. The number of esters is 1. The van der Waals surface area contributed by atoms with E-state index >= 15 is 4.39 Å². The summed E-state index contributed by atoms with van der Waals surface area (Å²) in [6, 6.07) is 13.0. The number of nitrogens with zero attached hydrogens (tertiary/aromatic N) is 3. The van der Waals surface area contributed by atoms with E-state index in [0.717, 1.165) is 5.39 Å². The summed E-state index contributed by atoms with van der Waals surface area (Å²) in [5, 5.41) is 11.5. The third-order valence-electron chi connectivity index (χ3n) is 6.58. The highest BCUT2D eigenvalue weighted by Crippen LogP contribution is 2.44. The lowest BCUT2D eigenvalue weighted by Crippen LogP contribution is -2.14. The van der Waals surface area contributed by atoms with E-state index in [9.17, 15) is 9.90 Å². The molecule has 4 aromatic heterocycles. The van der Waals surface area contributed by atoms with Crippen LogP contribution in [0.2, 0.25) is 5.15 Å². The number of hydrogen-bond donors (Lipinski definition) is 1. The molecule has 10 heteroatoms. The predicted molar refractivity (Wildman–Crippen MR) is 145 cm³/mol. The van der Waals surface area contributed by atoms with Gasteiger partial charge in [0.2, 0.25) is 5.88 Å². The smallest absolute Gasteiger partial charge is 0.355 e. The van der Waals surface area contributed by atoms with Crippen molar-refractivity contribution in [1.29, 1.82) is 0 Å². The monoisotopic (exact) mass is 545 g/mol. The van der Waals surface area contributed by atoms with Crippen LogP contribution >= 0.6 is 11.6 Å². The Bertz CT molecular complexity index is 1910. The lowest BCUT2D eigenvalue weighted by Gasteiger charge is -2.14. The minimum Gasteiger partial charge on any atom is -0.508 e. The average molecular weight is 546 g/mol. The lowest BCUT2D eigenvalue weighted by molar-refractivity contribution is 0.0516. The lowest BCUT2D eigenvalue weighted by atomic mass is 10.0. The number of rotatable bonds is 6. The van der Waals surface area contributed by atoms with Crippen molar-refractivity contribution < 1.29 is 28.2 Å². The summed E-state index contributed by atoms with van der Waals surface area (Å²) < 4.78 is 33.8. The van der Waals surface area contributed by atoms with Crippen LogP contribution < -0.4 is 4.74 Å². The third-order valence-corrected chi connectivity index (χ3v) is 6.90. The maximum atomic E-state index is 15.3. The number of fused-ring (bicyclic) bond motifs is 4. The molecule has 0 amide bonds. The van der Waals surface area contributed by atoms with Crippen molar-refractivity contribution in [3.8, 4) is 22.8 Å². The number of phenols is 1. The van der Waals surface area contributed by atoms with Gasteiger partial charge in [-0.3, -0.25) is 0 Å². The number of carbonyl (C=O) groups excluding carboxylic acids is 1. The Kier molecular flexibility index (Phi) is 6.07. The van der Waals surface area contributed by atoms with Gasteiger partial charge in [0.05, 0.1) is 48.3 Å². The average Bonchev–Trinajstić information content (AvgIpc) is 3.53. The second-order valence-corrected chi connectivity index (χ2v) is 9.18. The second kappa shape index (κ2) is 9.59. The van der Waals surface area contributed by atoms with Crippen LogP contribution in [0, 0.1) is 5.82 Å². The summed E-state index contributed by atoms with van der Waals surface area (Å²) in [4.78, 5) is 22.4. The topological polar surface area (TPSA) is 99.6 Å². The van der Waals surface area contributed by atoms with E-state index in [-0.39, 0.29) is 46.6 Å². The maximum absolute atomic E-state index is 15.3. The Balaban J connectivity index is 1.72. The molecule has 0 bridgehead atoms. The molecule has 196 valence electrons. The van der Waals surface area contributed by atoms with Crippen molar-refractivity contribution in [3.05, 3.63) is 83.2 Å². The Morgan fingerprint density at radius 3 is 2.85 bits per heavy atom. The number of halogens is 2. The molecule has 0 aliphatic heterocycles. The highest BCUT2D eigenvalue weighted by molar-refractivity contribution is 6.30. The Hall–Kier alpha value is -4.63. The van der Waals surface area contributed by atoms with Crippen molar-refractivity contribution in [2.45, 2.75) is 13.5 Å². The molecular weight excluding hydrogens is 525 g/mol. The van der Waals surface area contributed by atoms with Gasteiger partial charge in [-0.1, -0.05) is 11.6 Å². The molecule has 8 nitrogen and oxygen atoms in total. The number of methoxy groups -OCH3 is 1. The Labute approximate surface area is 226 Å². The molecule has 0 radical (unpaired) electrons. The summed E-state index contributed by atoms with van der Waals surface area (Å²) in [6.07, 6.45) is 2.98. The highest BCUT2D eigenvalue weighted by Gasteiger charge is 2.30. The van der Waals surface area contributed by atoms with E-state index < -0.39 is 11.8 Å². The summed E-state index contributed by atoms with van der Waals surface area (Å²) >= 11 is 6.59. The molecule has 0 fully saturated rings. The molecule has 6 aromatic rings. The molecule has 0 atom stereocenters. The first-order chi connectivity index (χ1) is 18.9. The first kappa shape index (κ1) is 24.7. The van der Waals surface area contributed by atoms with Crippen molar-refractivity contribution in [3.63, 3.8) is 0 Å². The highest BCUT2D eigenvalue weighted by atomic mass is 35.5. The van der Waals surface area contributed by atoms with Gasteiger partial charge in [-0.15, -0.1) is 0 Å². The zero-order valence-corrected chi connectivity index (χ0v) is 21.6. The van der Waals surface area contributed by atoms with Gasteiger partial charge in [0.15, 0.2) is 0 Å². The van der Waals surface area contributed by atoms with E-state index in [1.807, 2.05) is 6.07 Å². The fraction of sp³-hybridized carbons (Fsp3) is 0.138. The van der Waals surface area contributed by atoms with Crippen molar-refractivity contribution >= 4 is 50.3 Å². The van der Waals surface area contributed by atoms with Crippen LogP contribution in [0.3, 0.4) is 0 Å². The van der Waals surface area contributed by atoms with Crippen LogP contribution in [0.4, 0.5) is 4.39 Å². The van der Waals surface area contributed by atoms with Gasteiger partial charge in [-0.2, -0.15) is 0 Å². The number of benzene rings is 2. The summed E-state index contributed by atoms with van der Waals surface area (Å²) in [7, 11) is 1.48. The molecule has 0 aliphatic rings. The fourth-order valence-electron chi connectivity index (χ4n) is 4.94. The first-order valence-corrected chi connectivity index (χ1v) is 12.5. The number of pyridine rings is 2. The van der Waals surface area contributed by atoms with Crippen LogP contribution in [0.25, 0.3) is 43.9 Å². The van der Waals surface area contributed by atoms with E-state index in [4.69, 9.17) is 25.5 Å². The molecule has 4 heterocycles. The van der Waals surface area contributed by atoms with Gasteiger partial charge in [-0.25, -0.2) is 19.2 Å². The van der Waals surface area contributed by atoms with Gasteiger partial charge in [-0.05, 0) is 49.4 Å². The van der Waals surface area contributed by atoms with Crippen molar-refractivity contribution in [1.82, 2.24) is 14.5 Å². The van der Waals surface area contributed by atoms with Crippen LogP contribution in [-0.2, 0) is 11.3 Å². The van der Waals surface area contributed by atoms with Crippen molar-refractivity contribution in [2.24, 2.45) is 0 Å². The second-order valence-electron chi connectivity index (χ2n) is 8.82. The summed E-state index contributed by atoms with van der Waals surface area (Å²) in [5.74, 6) is -0.794. The van der Waals surface area contributed by atoms with Gasteiger partial charge < -0.3 is 23.6 Å². The zero-order valence-electron chi connectivity index (χ0n) is 20.9. The minimum atomic E-state index is -0.621. The van der Waals surface area contributed by atoms with E-state index in [0.29, 0.717) is 33.1 Å². The molecular formula is C29H21ClFN3O5. The SMILES string of the molecule is CCOC(=O)c1c(-c2cccnc2OC)c2c3occc3c(F)cc2n1Cc1cc2ccc(O)cc2nc1Cl. The van der Waals surface area contributed by atoms with Gasteiger partial charge in [0, 0.05) is 34.3 Å². The van der Waals surface area contributed by atoms with Crippen LogP contribution in [0.5, 0.6) is 11.6 Å². The van der Waals surface area contributed by atoms with Crippen LogP contribution in [0.15, 0.2) is 65.4 Å². The van der Waals surface area contributed by atoms with E-state index in [2.05, 4.69) is 9.97 Å². The number of hydrogen-bond acceptors (Lipinski definition) is 7. The quantitative estimate of drug-likeness (QED) is 0.183. The minimum absolute atomic E-state index is 0.0571. The van der Waals surface area contributed by atoms with Gasteiger partial charge >= 0.3 is 5.97 Å². The largest absolute Gasteiger partial charge is 0.508 e. The predicted octanol–water partition coefficient (Wildman–Crippen LogP) is 6.73. The number of furan rings is 1. The Morgan fingerprint density at radius 1 is 1.21 bits per heavy atom. The van der Waals surface area contributed by atoms with Gasteiger partial charge in [0.25, 0.3) is 0 Å². The number of aromatic hydroxyl groups is 1. The standard InChI is InChI=1S/C29H21ClFN3O5/c1-3-38-29(36)25-23(19-5-4-9-32-28(19)37-2)24-22(13-20(31)18-8-10-39-26(18)24)34(25)14-16-11-15-6-7-17(35)12-21(15)33-27(16)30/h4-13,35H,3,14H2,1-2H3. The fourth-order valence-corrected chi connectivity index (χ4v) is 5.15. The van der Waals surface area contributed by atoms with Crippen LogP contribution in [0.1, 0.15) is 23.0 Å². The number of carbonyl (C=O) groups is 1. The molecule has 2 aromatic carbocycles. The van der Waals surface area contributed by atoms with Crippen LogP contribution in [-0.4, -0.2) is 39.3 Å². The number of ether oxygens (including phenoxy) is 2. The number of aromatic nitrogens is 3. The third kappa shape index (κ3) is 4.02. The molecule has 1 N–H and O–H groups in total. The van der Waals surface area contributed by atoms with E-state index in [1.165, 1.54) is 31.6 Å².